The van der Waals surface area contributed by atoms with Crippen LogP contribution in [0, 0.1) is 11.3 Å². The third kappa shape index (κ3) is 2.16. The van der Waals surface area contributed by atoms with E-state index in [0.29, 0.717) is 23.6 Å². The summed E-state index contributed by atoms with van der Waals surface area (Å²) in [6.07, 6.45) is 3.62. The van der Waals surface area contributed by atoms with Crippen molar-refractivity contribution in [1.29, 1.82) is 5.26 Å². The number of rotatable bonds is 2. The smallest absolute Gasteiger partial charge is 0.143 e. The second-order valence-electron chi connectivity index (χ2n) is 4.87. The molecule has 2 heterocycles. The van der Waals surface area contributed by atoms with Crippen molar-refractivity contribution in [3.63, 3.8) is 0 Å². The largest absolute Gasteiger partial charge is 0.383 e. The van der Waals surface area contributed by atoms with Crippen LogP contribution in [0.3, 0.4) is 0 Å². The van der Waals surface area contributed by atoms with Gasteiger partial charge in [0.1, 0.15) is 23.4 Å². The topological polar surface area (TPSA) is 114 Å². The number of hydrogen-bond acceptors (Lipinski definition) is 6. The lowest BCUT2D eigenvalue weighted by molar-refractivity contribution is 0.373. The highest BCUT2D eigenvalue weighted by Gasteiger charge is 2.25. The van der Waals surface area contributed by atoms with Crippen LogP contribution in [0.4, 0.5) is 11.6 Å². The highest BCUT2D eigenvalue weighted by atomic mass is 15.0. The number of nitrogens with zero attached hydrogens (tertiary/aromatic N) is 3. The van der Waals surface area contributed by atoms with Crippen LogP contribution in [0.5, 0.6) is 0 Å². The molecule has 0 bridgehead atoms. The summed E-state index contributed by atoms with van der Waals surface area (Å²) in [5, 5.41) is 13.8. The minimum Gasteiger partial charge on any atom is -0.383 e. The van der Waals surface area contributed by atoms with Gasteiger partial charge in [-0.3, -0.25) is 0 Å². The molecule has 6 nitrogen and oxygen atoms in total. The molecule has 19 heavy (non-hydrogen) atoms. The van der Waals surface area contributed by atoms with Gasteiger partial charge in [0.15, 0.2) is 0 Å². The predicted molar refractivity (Wildman–Crippen MR) is 73.3 cm³/mol. The summed E-state index contributed by atoms with van der Waals surface area (Å²) in [7, 11) is 0. The third-order valence-electron chi connectivity index (χ3n) is 3.38. The molecule has 96 valence electrons. The number of nitrogens with one attached hydrogen (secondary N) is 1. The standard InChI is InChI=1S/C13H14N6/c14-5-10-1-7-6-17-12(4-11(7)13(16)19-10)18-9-2-8(15)3-9/h1,4,6,8-9H,2-3,15H2,(H2,16,19)(H,17,18). The van der Waals surface area contributed by atoms with Crippen LogP contribution in [0.15, 0.2) is 18.3 Å². The molecular formula is C13H14N6. The first kappa shape index (κ1) is 11.7. The molecule has 0 spiro atoms. The van der Waals surface area contributed by atoms with Gasteiger partial charge in [0.2, 0.25) is 0 Å². The number of fused-ring (bicyclic) bond motifs is 1. The summed E-state index contributed by atoms with van der Waals surface area (Å²) in [6.45, 7) is 0. The molecule has 1 aliphatic rings. The van der Waals surface area contributed by atoms with Gasteiger partial charge in [-0.15, -0.1) is 0 Å². The van der Waals surface area contributed by atoms with E-state index in [1.807, 2.05) is 12.1 Å². The molecule has 3 rings (SSSR count). The van der Waals surface area contributed by atoms with Crippen LogP contribution in [-0.4, -0.2) is 22.1 Å². The Labute approximate surface area is 110 Å². The monoisotopic (exact) mass is 254 g/mol. The van der Waals surface area contributed by atoms with Gasteiger partial charge in [-0.2, -0.15) is 5.26 Å². The molecule has 2 aromatic heterocycles. The van der Waals surface area contributed by atoms with Crippen molar-refractivity contribution in [3.8, 4) is 6.07 Å². The Morgan fingerprint density at radius 1 is 1.37 bits per heavy atom. The number of hydrogen-bond donors (Lipinski definition) is 3. The summed E-state index contributed by atoms with van der Waals surface area (Å²) >= 11 is 0. The quantitative estimate of drug-likeness (QED) is 0.736. The molecule has 2 aromatic rings. The highest BCUT2D eigenvalue weighted by molar-refractivity contribution is 5.92. The van der Waals surface area contributed by atoms with Gasteiger partial charge in [0.05, 0.1) is 0 Å². The van der Waals surface area contributed by atoms with Crippen molar-refractivity contribution in [3.05, 3.63) is 24.0 Å². The van der Waals surface area contributed by atoms with Crippen molar-refractivity contribution >= 4 is 22.4 Å². The van der Waals surface area contributed by atoms with Crippen molar-refractivity contribution in [2.45, 2.75) is 24.9 Å². The van der Waals surface area contributed by atoms with Crippen LogP contribution < -0.4 is 16.8 Å². The normalized spacial score (nSPS) is 21.7. The van der Waals surface area contributed by atoms with Crippen LogP contribution >= 0.6 is 0 Å². The summed E-state index contributed by atoms with van der Waals surface area (Å²) in [5.74, 6) is 1.12. The summed E-state index contributed by atoms with van der Waals surface area (Å²) < 4.78 is 0. The van der Waals surface area contributed by atoms with E-state index in [2.05, 4.69) is 15.3 Å². The number of nitrogens with two attached hydrogens (primary N) is 2. The number of nitriles is 1. The van der Waals surface area contributed by atoms with E-state index in [0.717, 1.165) is 29.4 Å². The summed E-state index contributed by atoms with van der Waals surface area (Å²) in [4.78, 5) is 8.35. The van der Waals surface area contributed by atoms with Crippen LogP contribution in [-0.2, 0) is 0 Å². The molecule has 0 amide bonds. The molecule has 0 radical (unpaired) electrons. The molecular weight excluding hydrogens is 240 g/mol. The van der Waals surface area contributed by atoms with E-state index in [9.17, 15) is 0 Å². The van der Waals surface area contributed by atoms with Gasteiger partial charge in [-0.25, -0.2) is 9.97 Å². The lowest BCUT2D eigenvalue weighted by atomic mass is 9.88. The van der Waals surface area contributed by atoms with Gasteiger partial charge in [-0.05, 0) is 25.0 Å². The number of nitrogen functional groups attached to an aromatic ring is 1. The van der Waals surface area contributed by atoms with E-state index in [-0.39, 0.29) is 0 Å². The molecule has 0 aliphatic heterocycles. The molecule has 1 saturated carbocycles. The lowest BCUT2D eigenvalue weighted by Crippen LogP contribution is -2.44. The highest BCUT2D eigenvalue weighted by Crippen LogP contribution is 2.25. The minimum absolute atomic E-state index is 0.294. The second-order valence-corrected chi connectivity index (χ2v) is 4.87. The Morgan fingerprint density at radius 3 is 2.84 bits per heavy atom. The van der Waals surface area contributed by atoms with E-state index in [1.165, 1.54) is 0 Å². The van der Waals surface area contributed by atoms with Crippen molar-refractivity contribution < 1.29 is 0 Å². The molecule has 0 aromatic carbocycles. The Balaban J connectivity index is 1.92. The Morgan fingerprint density at radius 2 is 2.16 bits per heavy atom. The maximum absolute atomic E-state index is 8.85. The first-order valence-corrected chi connectivity index (χ1v) is 6.14. The van der Waals surface area contributed by atoms with Gasteiger partial charge in [0.25, 0.3) is 0 Å². The minimum atomic E-state index is 0.294. The second kappa shape index (κ2) is 4.37. The Bertz CT molecular complexity index is 669. The van der Waals surface area contributed by atoms with E-state index in [4.69, 9.17) is 16.7 Å². The van der Waals surface area contributed by atoms with Crippen molar-refractivity contribution in [1.82, 2.24) is 9.97 Å². The van der Waals surface area contributed by atoms with Crippen LogP contribution in [0.25, 0.3) is 10.8 Å². The predicted octanol–water partition coefficient (Wildman–Crippen LogP) is 0.985. The van der Waals surface area contributed by atoms with Crippen LogP contribution in [0.1, 0.15) is 18.5 Å². The molecule has 5 N–H and O–H groups in total. The lowest BCUT2D eigenvalue weighted by Gasteiger charge is -2.33. The maximum Gasteiger partial charge on any atom is 0.143 e. The fourth-order valence-corrected chi connectivity index (χ4v) is 2.30. The summed E-state index contributed by atoms with van der Waals surface area (Å²) in [6, 6.07) is 6.20. The Kier molecular flexibility index (Phi) is 2.69. The van der Waals surface area contributed by atoms with Crippen molar-refractivity contribution in [2.24, 2.45) is 5.73 Å². The van der Waals surface area contributed by atoms with E-state index >= 15 is 0 Å². The average Bonchev–Trinajstić information content (AvgIpc) is 2.37. The average molecular weight is 254 g/mol. The van der Waals surface area contributed by atoms with Gasteiger partial charge in [-0.1, -0.05) is 0 Å². The molecule has 6 heteroatoms. The fourth-order valence-electron chi connectivity index (χ4n) is 2.30. The zero-order chi connectivity index (χ0) is 13.4. The molecule has 0 unspecified atom stereocenters. The molecule has 0 saturated heterocycles. The van der Waals surface area contributed by atoms with Gasteiger partial charge < -0.3 is 16.8 Å². The molecule has 0 atom stereocenters. The number of pyridine rings is 2. The molecule has 1 aliphatic carbocycles. The van der Waals surface area contributed by atoms with E-state index in [1.54, 1.807) is 12.3 Å². The zero-order valence-corrected chi connectivity index (χ0v) is 10.3. The van der Waals surface area contributed by atoms with Gasteiger partial charge >= 0.3 is 0 Å². The number of aromatic nitrogens is 2. The third-order valence-corrected chi connectivity index (χ3v) is 3.38. The van der Waals surface area contributed by atoms with E-state index < -0.39 is 0 Å². The van der Waals surface area contributed by atoms with Crippen molar-refractivity contribution in [2.75, 3.05) is 11.1 Å². The first-order valence-electron chi connectivity index (χ1n) is 6.14. The molecule has 1 fully saturated rings. The summed E-state index contributed by atoms with van der Waals surface area (Å²) in [5.41, 5.74) is 11.9. The van der Waals surface area contributed by atoms with Gasteiger partial charge in [0, 0.05) is 29.1 Å². The zero-order valence-electron chi connectivity index (χ0n) is 10.3. The maximum atomic E-state index is 8.85. The fraction of sp³-hybridized carbons (Fsp3) is 0.308. The number of anilines is 2. The Hall–Kier alpha value is -2.39. The van der Waals surface area contributed by atoms with Crippen LogP contribution in [0.2, 0.25) is 0 Å². The first-order chi connectivity index (χ1) is 9.15. The SMILES string of the molecule is N#Cc1cc2cnc(NC3CC(N)C3)cc2c(N)n1.